The van der Waals surface area contributed by atoms with Gasteiger partial charge in [0.15, 0.2) is 0 Å². The molecule has 0 aliphatic carbocycles. The summed E-state index contributed by atoms with van der Waals surface area (Å²) in [5.41, 5.74) is 2.46. The van der Waals surface area contributed by atoms with Gasteiger partial charge in [-0.3, -0.25) is 0 Å². The van der Waals surface area contributed by atoms with Crippen molar-refractivity contribution in [2.45, 2.75) is 31.9 Å². The second-order valence-corrected chi connectivity index (χ2v) is 4.05. The van der Waals surface area contributed by atoms with Gasteiger partial charge in [0.2, 0.25) is 0 Å². The van der Waals surface area contributed by atoms with Gasteiger partial charge in [-0.25, -0.2) is 0 Å². The molecule has 1 saturated heterocycles. The fourth-order valence-electron chi connectivity index (χ4n) is 1.99. The first-order chi connectivity index (χ1) is 6.77. The molecule has 1 aromatic rings. The van der Waals surface area contributed by atoms with E-state index in [1.807, 2.05) is 0 Å². The van der Waals surface area contributed by atoms with E-state index in [-0.39, 0.29) is 12.1 Å². The number of piperidine rings is 1. The zero-order chi connectivity index (χ0) is 9.97. The second-order valence-electron chi connectivity index (χ2n) is 4.05. The monoisotopic (exact) mass is 191 g/mol. The highest BCUT2D eigenvalue weighted by Gasteiger charge is 2.23. The van der Waals surface area contributed by atoms with Crippen LogP contribution in [0.15, 0.2) is 24.3 Å². The lowest BCUT2D eigenvalue weighted by atomic mass is 9.94. The molecule has 14 heavy (non-hydrogen) atoms. The van der Waals surface area contributed by atoms with Crippen LogP contribution in [0.25, 0.3) is 0 Å². The number of hydrogen-bond acceptors (Lipinski definition) is 2. The van der Waals surface area contributed by atoms with Gasteiger partial charge in [-0.15, -0.1) is 0 Å². The van der Waals surface area contributed by atoms with E-state index in [2.05, 4.69) is 36.5 Å². The molecule has 1 aliphatic heterocycles. The zero-order valence-corrected chi connectivity index (χ0v) is 8.53. The van der Waals surface area contributed by atoms with Crippen LogP contribution in [0.1, 0.15) is 30.0 Å². The third-order valence-electron chi connectivity index (χ3n) is 2.86. The Morgan fingerprint density at radius 3 is 2.64 bits per heavy atom. The molecule has 1 aliphatic rings. The third-order valence-corrected chi connectivity index (χ3v) is 2.86. The number of hydrogen-bond donors (Lipinski definition) is 2. The van der Waals surface area contributed by atoms with Crippen molar-refractivity contribution in [3.63, 3.8) is 0 Å². The van der Waals surface area contributed by atoms with Gasteiger partial charge in [0.25, 0.3) is 0 Å². The molecule has 76 valence electrons. The van der Waals surface area contributed by atoms with Crippen LogP contribution >= 0.6 is 0 Å². The average molecular weight is 191 g/mol. The molecule has 2 rings (SSSR count). The van der Waals surface area contributed by atoms with E-state index in [0.29, 0.717) is 0 Å². The Labute approximate surface area is 85.0 Å². The second kappa shape index (κ2) is 4.11. The molecule has 2 nitrogen and oxygen atoms in total. The number of aliphatic hydroxyl groups is 1. The van der Waals surface area contributed by atoms with Crippen LogP contribution in [-0.4, -0.2) is 17.8 Å². The van der Waals surface area contributed by atoms with Crippen LogP contribution < -0.4 is 5.32 Å². The predicted molar refractivity (Wildman–Crippen MR) is 57.2 cm³/mol. The standard InChI is InChI=1S/C12H17NO/c1-9-4-6-10(7-5-9)12-11(14)3-2-8-13-12/h4-7,11-14H,2-3,8H2,1H3. The van der Waals surface area contributed by atoms with E-state index in [1.165, 1.54) is 11.1 Å². The molecule has 2 N–H and O–H groups in total. The van der Waals surface area contributed by atoms with Gasteiger partial charge in [0.1, 0.15) is 0 Å². The summed E-state index contributed by atoms with van der Waals surface area (Å²) in [6.07, 6.45) is 1.75. The summed E-state index contributed by atoms with van der Waals surface area (Å²) in [5, 5.41) is 13.2. The van der Waals surface area contributed by atoms with Crippen LogP contribution in [-0.2, 0) is 0 Å². The van der Waals surface area contributed by atoms with Crippen LogP contribution in [0, 0.1) is 6.92 Å². The molecule has 2 heteroatoms. The maximum absolute atomic E-state index is 9.83. The normalized spacial score (nSPS) is 27.6. The van der Waals surface area contributed by atoms with Crippen LogP contribution in [0.2, 0.25) is 0 Å². The number of rotatable bonds is 1. The lowest BCUT2D eigenvalue weighted by molar-refractivity contribution is 0.0965. The SMILES string of the molecule is Cc1ccc(C2NCCCC2O)cc1. The number of nitrogens with one attached hydrogen (secondary N) is 1. The Kier molecular flexibility index (Phi) is 2.85. The maximum atomic E-state index is 9.83. The minimum absolute atomic E-state index is 0.129. The quantitative estimate of drug-likeness (QED) is 0.709. The molecule has 0 amide bonds. The van der Waals surface area contributed by atoms with Crippen LogP contribution in [0.4, 0.5) is 0 Å². The molecule has 1 heterocycles. The number of aliphatic hydroxyl groups excluding tert-OH is 1. The van der Waals surface area contributed by atoms with Crippen molar-refractivity contribution in [1.29, 1.82) is 0 Å². The van der Waals surface area contributed by atoms with E-state index in [1.54, 1.807) is 0 Å². The summed E-state index contributed by atoms with van der Waals surface area (Å²) in [6.45, 7) is 3.09. The van der Waals surface area contributed by atoms with Gasteiger partial charge >= 0.3 is 0 Å². The van der Waals surface area contributed by atoms with E-state index >= 15 is 0 Å². The van der Waals surface area contributed by atoms with E-state index < -0.39 is 0 Å². The Balaban J connectivity index is 2.16. The molecule has 1 fully saturated rings. The Bertz CT molecular complexity index is 294. The predicted octanol–water partition coefficient (Wildman–Crippen LogP) is 1.78. The fourth-order valence-corrected chi connectivity index (χ4v) is 1.99. The third kappa shape index (κ3) is 1.97. The smallest absolute Gasteiger partial charge is 0.0735 e. The Morgan fingerprint density at radius 2 is 2.00 bits per heavy atom. The lowest BCUT2D eigenvalue weighted by Gasteiger charge is -2.29. The summed E-state index contributed by atoms with van der Waals surface area (Å²) in [6, 6.07) is 8.52. The molecule has 1 aromatic carbocycles. The molecule has 0 spiro atoms. The minimum atomic E-state index is -0.230. The molecule has 2 unspecified atom stereocenters. The average Bonchev–Trinajstić information content (AvgIpc) is 2.20. The highest BCUT2D eigenvalue weighted by atomic mass is 16.3. The molecule has 0 saturated carbocycles. The first-order valence-electron chi connectivity index (χ1n) is 5.25. The summed E-state index contributed by atoms with van der Waals surface area (Å²) >= 11 is 0. The molecule has 2 atom stereocenters. The summed E-state index contributed by atoms with van der Waals surface area (Å²) in [7, 11) is 0. The summed E-state index contributed by atoms with van der Waals surface area (Å²) in [4.78, 5) is 0. The first kappa shape index (κ1) is 9.69. The number of aryl methyl sites for hydroxylation is 1. The van der Waals surface area contributed by atoms with Crippen molar-refractivity contribution in [2.24, 2.45) is 0 Å². The van der Waals surface area contributed by atoms with Crippen molar-refractivity contribution < 1.29 is 5.11 Å². The zero-order valence-electron chi connectivity index (χ0n) is 8.53. The first-order valence-corrected chi connectivity index (χ1v) is 5.25. The fraction of sp³-hybridized carbons (Fsp3) is 0.500. The van der Waals surface area contributed by atoms with Gasteiger partial charge in [0, 0.05) is 0 Å². The molecule has 0 aromatic heterocycles. The van der Waals surface area contributed by atoms with Crippen LogP contribution in [0.5, 0.6) is 0 Å². The van der Waals surface area contributed by atoms with Gasteiger partial charge < -0.3 is 10.4 Å². The van der Waals surface area contributed by atoms with Crippen LogP contribution in [0.3, 0.4) is 0 Å². The van der Waals surface area contributed by atoms with E-state index in [0.717, 1.165) is 19.4 Å². The van der Waals surface area contributed by atoms with Gasteiger partial charge in [-0.05, 0) is 31.9 Å². The van der Waals surface area contributed by atoms with E-state index in [9.17, 15) is 5.11 Å². The van der Waals surface area contributed by atoms with Crippen molar-refractivity contribution in [3.05, 3.63) is 35.4 Å². The molecular formula is C12H17NO. The Hall–Kier alpha value is -0.860. The van der Waals surface area contributed by atoms with Gasteiger partial charge in [-0.2, -0.15) is 0 Å². The van der Waals surface area contributed by atoms with Crippen molar-refractivity contribution in [2.75, 3.05) is 6.54 Å². The van der Waals surface area contributed by atoms with Crippen molar-refractivity contribution in [1.82, 2.24) is 5.32 Å². The van der Waals surface area contributed by atoms with E-state index in [4.69, 9.17) is 0 Å². The lowest BCUT2D eigenvalue weighted by Crippen LogP contribution is -2.37. The molecular weight excluding hydrogens is 174 g/mol. The summed E-state index contributed by atoms with van der Waals surface area (Å²) in [5.74, 6) is 0. The topological polar surface area (TPSA) is 32.3 Å². The maximum Gasteiger partial charge on any atom is 0.0735 e. The van der Waals surface area contributed by atoms with Gasteiger partial charge in [-0.1, -0.05) is 29.8 Å². The molecule has 0 bridgehead atoms. The summed E-state index contributed by atoms with van der Waals surface area (Å²) < 4.78 is 0. The molecule has 0 radical (unpaired) electrons. The van der Waals surface area contributed by atoms with Crippen molar-refractivity contribution in [3.8, 4) is 0 Å². The van der Waals surface area contributed by atoms with Crippen molar-refractivity contribution >= 4 is 0 Å². The highest BCUT2D eigenvalue weighted by molar-refractivity contribution is 5.25. The number of benzene rings is 1. The Morgan fingerprint density at radius 1 is 1.29 bits per heavy atom. The highest BCUT2D eigenvalue weighted by Crippen LogP contribution is 2.23. The minimum Gasteiger partial charge on any atom is -0.391 e. The largest absolute Gasteiger partial charge is 0.391 e. The van der Waals surface area contributed by atoms with Gasteiger partial charge in [0.05, 0.1) is 12.1 Å².